The maximum Gasteiger partial charge on any atom is 0.253 e. The van der Waals surface area contributed by atoms with E-state index in [2.05, 4.69) is 10.6 Å². The van der Waals surface area contributed by atoms with Crippen LogP contribution in [0.15, 0.2) is 48.5 Å². The van der Waals surface area contributed by atoms with E-state index in [1.165, 1.54) is 0 Å². The number of hydrogen-bond donors (Lipinski definition) is 2. The van der Waals surface area contributed by atoms with Gasteiger partial charge in [-0.3, -0.25) is 14.4 Å². The lowest BCUT2D eigenvalue weighted by molar-refractivity contribution is -0.125. The van der Waals surface area contributed by atoms with Gasteiger partial charge in [0.15, 0.2) is 0 Å². The Kier molecular flexibility index (Phi) is 8.93. The highest BCUT2D eigenvalue weighted by Crippen LogP contribution is 2.24. The van der Waals surface area contributed by atoms with Crippen LogP contribution in [0.4, 0.5) is 0 Å². The molecule has 0 aromatic heterocycles. The molecule has 0 radical (unpaired) electrons. The molecule has 0 bridgehead atoms. The summed E-state index contributed by atoms with van der Waals surface area (Å²) >= 11 is 6.19. The predicted molar refractivity (Wildman–Crippen MR) is 132 cm³/mol. The summed E-state index contributed by atoms with van der Waals surface area (Å²) in [6, 6.07) is 13.1. The summed E-state index contributed by atoms with van der Waals surface area (Å²) in [5.41, 5.74) is 0.926. The van der Waals surface area contributed by atoms with Crippen molar-refractivity contribution in [1.29, 1.82) is 0 Å². The van der Waals surface area contributed by atoms with Crippen molar-refractivity contribution in [2.75, 3.05) is 20.2 Å². The third-order valence-corrected chi connectivity index (χ3v) is 6.65. The zero-order chi connectivity index (χ0) is 24.7. The van der Waals surface area contributed by atoms with Crippen molar-refractivity contribution < 1.29 is 19.1 Å². The van der Waals surface area contributed by atoms with Gasteiger partial charge in [0.25, 0.3) is 11.8 Å². The fraction of sp³-hybridized carbons (Fsp3) is 0.423. The molecule has 0 saturated carbocycles. The monoisotopic (exact) mass is 485 g/mol. The molecule has 2 atom stereocenters. The fourth-order valence-corrected chi connectivity index (χ4v) is 4.27. The first-order valence-corrected chi connectivity index (χ1v) is 12.0. The van der Waals surface area contributed by atoms with Crippen LogP contribution >= 0.6 is 11.6 Å². The minimum Gasteiger partial charge on any atom is -0.497 e. The molecule has 0 aliphatic carbocycles. The fourth-order valence-electron chi connectivity index (χ4n) is 4.05. The van der Waals surface area contributed by atoms with Crippen LogP contribution in [-0.4, -0.2) is 54.9 Å². The molecule has 3 rings (SSSR count). The Hall–Kier alpha value is -3.06. The zero-order valence-corrected chi connectivity index (χ0v) is 20.6. The summed E-state index contributed by atoms with van der Waals surface area (Å²) in [6.45, 7) is 4.93. The van der Waals surface area contributed by atoms with Crippen LogP contribution in [0.1, 0.15) is 53.8 Å². The Bertz CT molecular complexity index is 1000. The molecule has 2 aromatic carbocycles. The molecule has 2 unspecified atom stereocenters. The third kappa shape index (κ3) is 6.29. The van der Waals surface area contributed by atoms with Gasteiger partial charge in [-0.25, -0.2) is 0 Å². The molecule has 2 N–H and O–H groups in total. The van der Waals surface area contributed by atoms with Gasteiger partial charge >= 0.3 is 0 Å². The highest BCUT2D eigenvalue weighted by Gasteiger charge is 2.34. The van der Waals surface area contributed by atoms with Crippen LogP contribution < -0.4 is 15.4 Å². The number of piperidine rings is 1. The molecule has 8 heteroatoms. The quantitative estimate of drug-likeness (QED) is 0.593. The Morgan fingerprint density at radius 2 is 1.71 bits per heavy atom. The molecule has 1 aliphatic rings. The van der Waals surface area contributed by atoms with Crippen molar-refractivity contribution in [3.63, 3.8) is 0 Å². The summed E-state index contributed by atoms with van der Waals surface area (Å²) < 4.78 is 5.16. The lowest BCUT2D eigenvalue weighted by atomic mass is 9.88. The lowest BCUT2D eigenvalue weighted by Gasteiger charge is -2.36. The van der Waals surface area contributed by atoms with E-state index in [1.807, 2.05) is 13.8 Å². The topological polar surface area (TPSA) is 87.7 Å². The van der Waals surface area contributed by atoms with Gasteiger partial charge in [0.05, 0.1) is 17.7 Å². The predicted octanol–water partition coefficient (Wildman–Crippen LogP) is 3.91. The second kappa shape index (κ2) is 11.9. The van der Waals surface area contributed by atoms with E-state index in [0.717, 1.165) is 6.42 Å². The number of carbonyl (C=O) groups is 3. The summed E-state index contributed by atoms with van der Waals surface area (Å²) in [7, 11) is 1.58. The van der Waals surface area contributed by atoms with Gasteiger partial charge < -0.3 is 20.3 Å². The minimum absolute atomic E-state index is 0.0102. The number of nitrogens with one attached hydrogen (secondary N) is 2. The number of nitrogens with zero attached hydrogens (tertiary/aromatic N) is 1. The Labute approximate surface area is 205 Å². The number of ether oxygens (including phenoxy) is 1. The van der Waals surface area contributed by atoms with Crippen molar-refractivity contribution in [3.05, 3.63) is 64.7 Å². The number of methoxy groups -OCH3 is 1. The normalized spacial score (nSPS) is 15.8. The highest BCUT2D eigenvalue weighted by atomic mass is 35.5. The average Bonchev–Trinajstić information content (AvgIpc) is 2.87. The second-order valence-corrected chi connectivity index (χ2v) is 9.01. The van der Waals surface area contributed by atoms with Gasteiger partial charge in [-0.05, 0) is 68.5 Å². The van der Waals surface area contributed by atoms with Gasteiger partial charge in [0, 0.05) is 24.7 Å². The smallest absolute Gasteiger partial charge is 0.253 e. The summed E-state index contributed by atoms with van der Waals surface area (Å²) in [6.07, 6.45) is 1.98. The number of benzene rings is 2. The van der Waals surface area contributed by atoms with Crippen molar-refractivity contribution in [1.82, 2.24) is 15.5 Å². The molecule has 2 aromatic rings. The number of amides is 3. The molecule has 1 saturated heterocycles. The first kappa shape index (κ1) is 25.6. The average molecular weight is 486 g/mol. The molecule has 1 fully saturated rings. The van der Waals surface area contributed by atoms with Crippen LogP contribution in [0.5, 0.6) is 5.75 Å². The van der Waals surface area contributed by atoms with Crippen molar-refractivity contribution in [3.8, 4) is 5.75 Å². The van der Waals surface area contributed by atoms with Gasteiger partial charge in [0.1, 0.15) is 11.8 Å². The van der Waals surface area contributed by atoms with Gasteiger partial charge in [0.2, 0.25) is 5.91 Å². The maximum absolute atomic E-state index is 13.1. The Morgan fingerprint density at radius 3 is 2.29 bits per heavy atom. The Morgan fingerprint density at radius 1 is 1.06 bits per heavy atom. The zero-order valence-electron chi connectivity index (χ0n) is 19.8. The van der Waals surface area contributed by atoms with Gasteiger partial charge in [-0.2, -0.15) is 0 Å². The first-order valence-electron chi connectivity index (χ1n) is 11.6. The number of likely N-dealkylation sites (tertiary alicyclic amines) is 1. The SMILES string of the molecule is CCC(C)NC(=O)C(NC(=O)c1ccccc1Cl)C1CCN(C(=O)c2ccc(OC)cc2)CC1. The molecule has 3 amide bonds. The standard InChI is InChI=1S/C26H32ClN3O4/c1-4-17(2)28-25(32)23(29-24(31)21-7-5-6-8-22(21)27)18-13-15-30(16-14-18)26(33)19-9-11-20(34-3)12-10-19/h5-12,17-18,23H,4,13-16H2,1-3H3,(H,28,32)(H,29,31). The first-order chi connectivity index (χ1) is 16.3. The number of halogens is 1. The molecular formula is C26H32ClN3O4. The van der Waals surface area contributed by atoms with Crippen molar-refractivity contribution in [2.45, 2.75) is 45.2 Å². The van der Waals surface area contributed by atoms with Crippen LogP contribution in [0.3, 0.4) is 0 Å². The molecule has 7 nitrogen and oxygen atoms in total. The van der Waals surface area contributed by atoms with Gasteiger partial charge in [-0.1, -0.05) is 30.7 Å². The highest BCUT2D eigenvalue weighted by molar-refractivity contribution is 6.33. The largest absolute Gasteiger partial charge is 0.497 e. The molecule has 1 aliphatic heterocycles. The van der Waals surface area contributed by atoms with Crippen LogP contribution in [0.25, 0.3) is 0 Å². The van der Waals surface area contributed by atoms with Gasteiger partial charge in [-0.15, -0.1) is 0 Å². The lowest BCUT2D eigenvalue weighted by Crippen LogP contribution is -2.55. The molecule has 1 heterocycles. The van der Waals surface area contributed by atoms with Crippen LogP contribution in [-0.2, 0) is 4.79 Å². The van der Waals surface area contributed by atoms with E-state index in [1.54, 1.807) is 60.5 Å². The summed E-state index contributed by atoms with van der Waals surface area (Å²) in [4.78, 5) is 40.8. The summed E-state index contributed by atoms with van der Waals surface area (Å²) in [5.74, 6) is -0.0572. The van der Waals surface area contributed by atoms with E-state index in [9.17, 15) is 14.4 Å². The van der Waals surface area contributed by atoms with Crippen LogP contribution in [0, 0.1) is 5.92 Å². The third-order valence-electron chi connectivity index (χ3n) is 6.32. The molecule has 0 spiro atoms. The maximum atomic E-state index is 13.1. The molecular weight excluding hydrogens is 454 g/mol. The summed E-state index contributed by atoms with van der Waals surface area (Å²) in [5, 5.41) is 6.23. The van der Waals surface area contributed by atoms with Crippen molar-refractivity contribution in [2.24, 2.45) is 5.92 Å². The van der Waals surface area contributed by atoms with E-state index in [4.69, 9.17) is 16.3 Å². The second-order valence-electron chi connectivity index (χ2n) is 8.61. The van der Waals surface area contributed by atoms with E-state index >= 15 is 0 Å². The molecule has 34 heavy (non-hydrogen) atoms. The van der Waals surface area contributed by atoms with E-state index < -0.39 is 6.04 Å². The molecule has 182 valence electrons. The van der Waals surface area contributed by atoms with Crippen molar-refractivity contribution >= 4 is 29.3 Å². The minimum atomic E-state index is -0.712. The number of hydrogen-bond acceptors (Lipinski definition) is 4. The van der Waals surface area contributed by atoms with E-state index in [0.29, 0.717) is 47.8 Å². The van der Waals surface area contributed by atoms with Crippen LogP contribution in [0.2, 0.25) is 5.02 Å². The Balaban J connectivity index is 1.70. The number of carbonyl (C=O) groups excluding carboxylic acids is 3. The number of rotatable bonds is 8. The van der Waals surface area contributed by atoms with E-state index in [-0.39, 0.29) is 29.7 Å².